The Morgan fingerprint density at radius 3 is 2.20 bits per heavy atom. The lowest BCUT2D eigenvalue weighted by atomic mass is 9.97. The van der Waals surface area contributed by atoms with Crippen molar-refractivity contribution < 1.29 is 13.2 Å². The lowest BCUT2D eigenvalue weighted by molar-refractivity contribution is -0.137. The van der Waals surface area contributed by atoms with Gasteiger partial charge in [-0.05, 0) is 58.3 Å². The van der Waals surface area contributed by atoms with Gasteiger partial charge in [-0.15, -0.1) is 0 Å². The monoisotopic (exact) mass is 391 g/mol. The van der Waals surface area contributed by atoms with Gasteiger partial charge in [-0.1, -0.05) is 30.3 Å². The molecule has 2 N–H and O–H groups in total. The first-order valence-electron chi connectivity index (χ1n) is 5.98. The third-order valence-electron chi connectivity index (χ3n) is 3.15. The Hall–Kier alpha value is -1.08. The molecule has 0 heterocycles. The van der Waals surface area contributed by atoms with Crippen LogP contribution < -0.4 is 5.73 Å². The molecule has 106 valence electrons. The summed E-state index contributed by atoms with van der Waals surface area (Å²) in [5.74, 6) is 0. The van der Waals surface area contributed by atoms with E-state index in [2.05, 4.69) is 22.6 Å². The van der Waals surface area contributed by atoms with Crippen molar-refractivity contribution in [3.63, 3.8) is 0 Å². The number of benzene rings is 2. The average Bonchev–Trinajstić information content (AvgIpc) is 2.40. The number of halogens is 4. The maximum atomic E-state index is 12.5. The van der Waals surface area contributed by atoms with Crippen molar-refractivity contribution in [2.45, 2.75) is 19.1 Å². The maximum absolute atomic E-state index is 12.5. The van der Waals surface area contributed by atoms with E-state index >= 15 is 0 Å². The predicted molar refractivity (Wildman–Crippen MR) is 81.4 cm³/mol. The normalized spacial score (nSPS) is 13.3. The zero-order chi connectivity index (χ0) is 14.9. The fourth-order valence-corrected chi connectivity index (χ4v) is 2.66. The maximum Gasteiger partial charge on any atom is 0.416 e. The zero-order valence-electron chi connectivity index (χ0n) is 10.7. The van der Waals surface area contributed by atoms with Crippen LogP contribution in [-0.4, -0.2) is 0 Å². The highest BCUT2D eigenvalue weighted by Crippen LogP contribution is 2.31. The van der Waals surface area contributed by atoms with Gasteiger partial charge in [0.15, 0.2) is 0 Å². The van der Waals surface area contributed by atoms with Gasteiger partial charge >= 0.3 is 6.18 Å². The summed E-state index contributed by atoms with van der Waals surface area (Å²) in [6, 6.07) is 10.4. The van der Waals surface area contributed by atoms with E-state index in [0.29, 0.717) is 5.56 Å². The lowest BCUT2D eigenvalue weighted by Crippen LogP contribution is -2.14. The van der Waals surface area contributed by atoms with Gasteiger partial charge < -0.3 is 5.73 Å². The molecule has 0 amide bonds. The molecule has 2 rings (SSSR count). The van der Waals surface area contributed by atoms with Gasteiger partial charge in [0.1, 0.15) is 0 Å². The molecule has 0 aliphatic carbocycles. The molecule has 2 aromatic carbocycles. The Morgan fingerprint density at radius 1 is 1.05 bits per heavy atom. The van der Waals surface area contributed by atoms with E-state index < -0.39 is 17.8 Å². The molecule has 0 aromatic heterocycles. The molecule has 0 fully saturated rings. The molecule has 2 aromatic rings. The summed E-state index contributed by atoms with van der Waals surface area (Å²) in [6.45, 7) is 1.98. The number of rotatable bonds is 2. The third kappa shape index (κ3) is 3.15. The summed E-state index contributed by atoms with van der Waals surface area (Å²) in [5, 5.41) is 0. The summed E-state index contributed by atoms with van der Waals surface area (Å²) in [4.78, 5) is 0. The molecular formula is C15H13F3IN. The van der Waals surface area contributed by atoms with E-state index in [1.807, 2.05) is 25.1 Å². The number of hydrogen-bond donors (Lipinski definition) is 1. The highest BCUT2D eigenvalue weighted by Gasteiger charge is 2.30. The molecule has 0 radical (unpaired) electrons. The van der Waals surface area contributed by atoms with Crippen LogP contribution in [0.4, 0.5) is 13.2 Å². The summed E-state index contributed by atoms with van der Waals surface area (Å²) in [5.41, 5.74) is 8.19. The third-order valence-corrected chi connectivity index (χ3v) is 4.63. The second kappa shape index (κ2) is 5.73. The Kier molecular flexibility index (Phi) is 4.39. The molecule has 0 saturated heterocycles. The molecule has 0 aliphatic heterocycles. The van der Waals surface area contributed by atoms with Crippen LogP contribution in [0.25, 0.3) is 0 Å². The van der Waals surface area contributed by atoms with Gasteiger partial charge in [0, 0.05) is 3.57 Å². The summed E-state index contributed by atoms with van der Waals surface area (Å²) >= 11 is 2.21. The Bertz CT molecular complexity index is 606. The topological polar surface area (TPSA) is 26.0 Å². The van der Waals surface area contributed by atoms with Crippen LogP contribution in [-0.2, 0) is 6.18 Å². The van der Waals surface area contributed by atoms with Gasteiger partial charge in [0.05, 0.1) is 11.6 Å². The molecule has 0 saturated carbocycles. The molecule has 1 nitrogen and oxygen atoms in total. The second-order valence-corrected chi connectivity index (χ2v) is 5.65. The van der Waals surface area contributed by atoms with Crippen molar-refractivity contribution in [2.24, 2.45) is 5.73 Å². The van der Waals surface area contributed by atoms with Crippen LogP contribution in [0.15, 0.2) is 42.5 Å². The van der Waals surface area contributed by atoms with Crippen molar-refractivity contribution in [3.05, 3.63) is 68.3 Å². The van der Waals surface area contributed by atoms with Crippen LogP contribution >= 0.6 is 22.6 Å². The lowest BCUT2D eigenvalue weighted by Gasteiger charge is -2.16. The average molecular weight is 391 g/mol. The molecule has 0 aliphatic rings. The second-order valence-electron chi connectivity index (χ2n) is 4.58. The highest BCUT2D eigenvalue weighted by atomic mass is 127. The van der Waals surface area contributed by atoms with Crippen LogP contribution in [0.1, 0.15) is 28.3 Å². The van der Waals surface area contributed by atoms with Crippen LogP contribution in [0.3, 0.4) is 0 Å². The molecule has 1 unspecified atom stereocenters. The first-order chi connectivity index (χ1) is 9.30. The smallest absolute Gasteiger partial charge is 0.320 e. The Labute approximate surface area is 129 Å². The minimum Gasteiger partial charge on any atom is -0.320 e. The standard InChI is InChI=1S/C15H13F3IN/c1-9-3-2-4-12(13(9)19)14(20)10-5-7-11(8-6-10)15(16,17)18/h2-8,14H,20H2,1H3. The van der Waals surface area contributed by atoms with Gasteiger partial charge in [0.25, 0.3) is 0 Å². The molecule has 0 spiro atoms. The Morgan fingerprint density at radius 2 is 1.65 bits per heavy atom. The molecular weight excluding hydrogens is 378 g/mol. The molecule has 0 bridgehead atoms. The van der Waals surface area contributed by atoms with E-state index in [4.69, 9.17) is 5.73 Å². The molecule has 5 heteroatoms. The number of hydrogen-bond acceptors (Lipinski definition) is 1. The Balaban J connectivity index is 2.34. The minimum absolute atomic E-state index is 0.427. The van der Waals surface area contributed by atoms with E-state index in [1.54, 1.807) is 0 Å². The van der Waals surface area contributed by atoms with Gasteiger partial charge in [-0.25, -0.2) is 0 Å². The zero-order valence-corrected chi connectivity index (χ0v) is 12.9. The summed E-state index contributed by atoms with van der Waals surface area (Å²) in [6.07, 6.45) is -4.32. The number of aryl methyl sites for hydroxylation is 1. The summed E-state index contributed by atoms with van der Waals surface area (Å²) in [7, 11) is 0. The summed E-state index contributed by atoms with van der Waals surface area (Å²) < 4.78 is 38.6. The minimum atomic E-state index is -4.32. The highest BCUT2D eigenvalue weighted by molar-refractivity contribution is 14.1. The van der Waals surface area contributed by atoms with Crippen LogP contribution in [0.2, 0.25) is 0 Å². The predicted octanol–water partition coefficient (Wildman–Crippen LogP) is 4.67. The van der Waals surface area contributed by atoms with Gasteiger partial charge in [-0.3, -0.25) is 0 Å². The molecule has 1 atom stereocenters. The number of nitrogens with two attached hydrogens (primary N) is 1. The largest absolute Gasteiger partial charge is 0.416 e. The fraction of sp³-hybridized carbons (Fsp3) is 0.200. The quantitative estimate of drug-likeness (QED) is 0.741. The van der Waals surface area contributed by atoms with Crippen molar-refractivity contribution in [1.82, 2.24) is 0 Å². The SMILES string of the molecule is Cc1cccc(C(N)c2ccc(C(F)(F)F)cc2)c1I. The first-order valence-corrected chi connectivity index (χ1v) is 7.06. The van der Waals surface area contributed by atoms with Gasteiger partial charge in [0.2, 0.25) is 0 Å². The first kappa shape index (κ1) is 15.3. The van der Waals surface area contributed by atoms with E-state index in [0.717, 1.165) is 26.8 Å². The molecule has 20 heavy (non-hydrogen) atoms. The van der Waals surface area contributed by atoms with Crippen LogP contribution in [0.5, 0.6) is 0 Å². The van der Waals surface area contributed by atoms with Gasteiger partial charge in [-0.2, -0.15) is 13.2 Å². The number of alkyl halides is 3. The van der Waals surface area contributed by atoms with Crippen molar-refractivity contribution >= 4 is 22.6 Å². The van der Waals surface area contributed by atoms with Crippen molar-refractivity contribution in [3.8, 4) is 0 Å². The van der Waals surface area contributed by atoms with Crippen molar-refractivity contribution in [2.75, 3.05) is 0 Å². The van der Waals surface area contributed by atoms with Crippen LogP contribution in [0, 0.1) is 10.5 Å². The van der Waals surface area contributed by atoms with E-state index in [-0.39, 0.29) is 0 Å². The van der Waals surface area contributed by atoms with Crippen molar-refractivity contribution in [1.29, 1.82) is 0 Å². The fourth-order valence-electron chi connectivity index (χ4n) is 1.97. The van der Waals surface area contributed by atoms with E-state index in [1.165, 1.54) is 12.1 Å². The van der Waals surface area contributed by atoms with E-state index in [9.17, 15) is 13.2 Å².